The fourth-order valence-corrected chi connectivity index (χ4v) is 3.30. The SMILES string of the molecule is C=CC(=O)NCC#Cc1ccc2c(c1)N(C)C(=O)[C@@H](NC(=O)C(=O)NCCc1ccccc1)CO2. The van der Waals surface area contributed by atoms with Crippen molar-refractivity contribution < 1.29 is 23.9 Å². The van der Waals surface area contributed by atoms with E-state index in [9.17, 15) is 19.2 Å². The number of fused-ring (bicyclic) bond motifs is 1. The minimum atomic E-state index is -1.04. The summed E-state index contributed by atoms with van der Waals surface area (Å²) in [5.74, 6) is 3.68. The van der Waals surface area contributed by atoms with E-state index in [1.807, 2.05) is 30.3 Å². The topological polar surface area (TPSA) is 117 Å². The summed E-state index contributed by atoms with van der Waals surface area (Å²) in [6.45, 7) is 3.68. The Hall–Kier alpha value is -4.58. The maximum atomic E-state index is 13.0. The number of benzene rings is 2. The van der Waals surface area contributed by atoms with E-state index in [4.69, 9.17) is 4.74 Å². The van der Waals surface area contributed by atoms with E-state index in [2.05, 4.69) is 34.4 Å². The number of anilines is 1. The summed E-state index contributed by atoms with van der Waals surface area (Å²) in [5.41, 5.74) is 2.12. The van der Waals surface area contributed by atoms with Crippen LogP contribution in [0.4, 0.5) is 5.69 Å². The van der Waals surface area contributed by atoms with Gasteiger partial charge < -0.3 is 25.6 Å². The van der Waals surface area contributed by atoms with Crippen molar-refractivity contribution in [3.05, 3.63) is 72.3 Å². The van der Waals surface area contributed by atoms with Crippen molar-refractivity contribution in [3.8, 4) is 17.6 Å². The lowest BCUT2D eigenvalue weighted by molar-refractivity contribution is -0.140. The van der Waals surface area contributed by atoms with Crippen LogP contribution in [0, 0.1) is 11.8 Å². The van der Waals surface area contributed by atoms with Gasteiger partial charge in [0.1, 0.15) is 18.4 Å². The molecule has 3 N–H and O–H groups in total. The largest absolute Gasteiger partial charge is 0.489 e. The zero-order valence-electron chi connectivity index (χ0n) is 19.3. The Bertz CT molecular complexity index is 1180. The summed E-state index contributed by atoms with van der Waals surface area (Å²) in [6.07, 6.45) is 1.74. The molecule has 180 valence electrons. The highest BCUT2D eigenvalue weighted by Crippen LogP contribution is 2.31. The van der Waals surface area contributed by atoms with Crippen molar-refractivity contribution >= 4 is 29.3 Å². The van der Waals surface area contributed by atoms with Gasteiger partial charge in [-0.25, -0.2) is 0 Å². The summed E-state index contributed by atoms with van der Waals surface area (Å²) in [5, 5.41) is 7.56. The zero-order valence-corrected chi connectivity index (χ0v) is 19.3. The summed E-state index contributed by atoms with van der Waals surface area (Å²) in [4.78, 5) is 50.0. The molecule has 0 radical (unpaired) electrons. The molecule has 2 aromatic carbocycles. The van der Waals surface area contributed by atoms with E-state index in [1.165, 1.54) is 4.90 Å². The highest BCUT2D eigenvalue weighted by Gasteiger charge is 2.32. The number of likely N-dealkylation sites (N-methyl/N-ethyl adjacent to an activating group) is 1. The van der Waals surface area contributed by atoms with Gasteiger partial charge in [-0.05, 0) is 36.3 Å². The van der Waals surface area contributed by atoms with Gasteiger partial charge >= 0.3 is 11.8 Å². The van der Waals surface area contributed by atoms with Crippen LogP contribution in [0.5, 0.6) is 5.75 Å². The van der Waals surface area contributed by atoms with Crippen molar-refractivity contribution in [1.82, 2.24) is 16.0 Å². The molecular formula is C26H26N4O5. The standard InChI is InChI=1S/C26H26N4O5/c1-3-23(31)27-14-7-10-19-11-12-22-21(16-19)30(2)26(34)20(17-35-22)29-25(33)24(32)28-15-13-18-8-5-4-6-9-18/h3-6,8-9,11-12,16,20H,1,13-15,17H2,2H3,(H,27,31)(H,28,32)(H,29,33)/t20-/m0/s1. The zero-order chi connectivity index (χ0) is 25.2. The van der Waals surface area contributed by atoms with Gasteiger partial charge in [-0.1, -0.05) is 48.8 Å². The first-order valence-electron chi connectivity index (χ1n) is 10.9. The summed E-state index contributed by atoms with van der Waals surface area (Å²) >= 11 is 0. The van der Waals surface area contributed by atoms with E-state index < -0.39 is 23.8 Å². The number of hydrogen-bond acceptors (Lipinski definition) is 5. The molecule has 4 amide bonds. The third-order valence-electron chi connectivity index (χ3n) is 5.18. The predicted octanol–water partition coefficient (Wildman–Crippen LogP) is 0.539. The number of rotatable bonds is 6. The number of nitrogens with zero attached hydrogens (tertiary/aromatic N) is 1. The van der Waals surface area contributed by atoms with Gasteiger partial charge in [0.05, 0.1) is 12.2 Å². The van der Waals surface area contributed by atoms with Crippen LogP contribution >= 0.6 is 0 Å². The van der Waals surface area contributed by atoms with Crippen molar-refractivity contribution in [3.63, 3.8) is 0 Å². The van der Waals surface area contributed by atoms with Crippen LogP contribution in [-0.2, 0) is 25.6 Å². The van der Waals surface area contributed by atoms with Gasteiger partial charge in [-0.3, -0.25) is 19.2 Å². The number of ether oxygens (including phenoxy) is 1. The van der Waals surface area contributed by atoms with Crippen LogP contribution in [0.2, 0.25) is 0 Å². The molecule has 0 aromatic heterocycles. The second-order valence-electron chi connectivity index (χ2n) is 7.63. The maximum absolute atomic E-state index is 13.0. The predicted molar refractivity (Wildman–Crippen MR) is 131 cm³/mol. The minimum absolute atomic E-state index is 0.127. The number of amides is 4. The van der Waals surface area contributed by atoms with Crippen LogP contribution in [0.25, 0.3) is 0 Å². The molecule has 0 aliphatic carbocycles. The minimum Gasteiger partial charge on any atom is -0.489 e. The summed E-state index contributed by atoms with van der Waals surface area (Å²) in [7, 11) is 1.55. The van der Waals surface area contributed by atoms with Crippen LogP contribution in [0.15, 0.2) is 61.2 Å². The molecule has 3 rings (SSSR count). The van der Waals surface area contributed by atoms with E-state index >= 15 is 0 Å². The monoisotopic (exact) mass is 474 g/mol. The number of carbonyl (C=O) groups excluding carboxylic acids is 4. The Kier molecular flexibility index (Phi) is 8.62. The Morgan fingerprint density at radius 3 is 2.66 bits per heavy atom. The summed E-state index contributed by atoms with van der Waals surface area (Å²) < 4.78 is 5.72. The highest BCUT2D eigenvalue weighted by molar-refractivity contribution is 6.35. The Balaban J connectivity index is 1.58. The average molecular weight is 475 g/mol. The second-order valence-corrected chi connectivity index (χ2v) is 7.63. The lowest BCUT2D eigenvalue weighted by atomic mass is 10.1. The molecule has 0 saturated carbocycles. The first-order chi connectivity index (χ1) is 16.9. The van der Waals surface area contributed by atoms with Gasteiger partial charge in [0.15, 0.2) is 0 Å². The molecule has 0 spiro atoms. The lowest BCUT2D eigenvalue weighted by Gasteiger charge is -2.20. The van der Waals surface area contributed by atoms with Crippen LogP contribution in [0.1, 0.15) is 11.1 Å². The first kappa shape index (κ1) is 25.1. The molecule has 1 aliphatic heterocycles. The third kappa shape index (κ3) is 6.95. The smallest absolute Gasteiger partial charge is 0.310 e. The van der Waals surface area contributed by atoms with Crippen molar-refractivity contribution in [2.75, 3.05) is 31.6 Å². The van der Waals surface area contributed by atoms with E-state index in [0.29, 0.717) is 23.4 Å². The molecule has 2 aromatic rings. The molecule has 9 nitrogen and oxygen atoms in total. The fraction of sp³-hybridized carbons (Fsp3) is 0.231. The molecule has 0 saturated heterocycles. The number of nitrogens with one attached hydrogen (secondary N) is 3. The quantitative estimate of drug-likeness (QED) is 0.321. The molecule has 1 aliphatic rings. The molecule has 0 unspecified atom stereocenters. The van der Waals surface area contributed by atoms with Crippen LogP contribution in [-0.4, -0.2) is 56.4 Å². The number of hydrogen-bond donors (Lipinski definition) is 3. The Labute approximate surface area is 203 Å². The Morgan fingerprint density at radius 1 is 1.14 bits per heavy atom. The third-order valence-corrected chi connectivity index (χ3v) is 5.18. The van der Waals surface area contributed by atoms with Crippen molar-refractivity contribution in [2.45, 2.75) is 12.5 Å². The van der Waals surface area contributed by atoms with E-state index in [0.717, 1.165) is 11.6 Å². The second kappa shape index (κ2) is 12.0. The van der Waals surface area contributed by atoms with Crippen LogP contribution in [0.3, 0.4) is 0 Å². The van der Waals surface area contributed by atoms with Gasteiger partial charge in [0, 0.05) is 19.2 Å². The van der Waals surface area contributed by atoms with Crippen molar-refractivity contribution in [1.29, 1.82) is 0 Å². The van der Waals surface area contributed by atoms with Crippen LogP contribution < -0.4 is 25.6 Å². The maximum Gasteiger partial charge on any atom is 0.310 e. The fourth-order valence-electron chi connectivity index (χ4n) is 3.30. The normalized spacial score (nSPS) is 14.3. The molecular weight excluding hydrogens is 448 g/mol. The first-order valence-corrected chi connectivity index (χ1v) is 10.9. The highest BCUT2D eigenvalue weighted by atomic mass is 16.5. The lowest BCUT2D eigenvalue weighted by Crippen LogP contribution is -2.53. The van der Waals surface area contributed by atoms with E-state index in [-0.39, 0.29) is 25.6 Å². The van der Waals surface area contributed by atoms with Gasteiger partial charge in [-0.2, -0.15) is 0 Å². The summed E-state index contributed by atoms with van der Waals surface area (Å²) in [6, 6.07) is 13.6. The molecule has 1 atom stereocenters. The Morgan fingerprint density at radius 2 is 1.91 bits per heavy atom. The molecule has 9 heteroatoms. The van der Waals surface area contributed by atoms with Gasteiger partial charge in [0.2, 0.25) is 5.91 Å². The molecule has 1 heterocycles. The molecule has 0 fully saturated rings. The molecule has 0 bridgehead atoms. The van der Waals surface area contributed by atoms with Gasteiger partial charge in [0.25, 0.3) is 5.91 Å². The van der Waals surface area contributed by atoms with Crippen molar-refractivity contribution in [2.24, 2.45) is 0 Å². The van der Waals surface area contributed by atoms with E-state index in [1.54, 1.807) is 25.2 Å². The molecule has 35 heavy (non-hydrogen) atoms. The van der Waals surface area contributed by atoms with Gasteiger partial charge in [-0.15, -0.1) is 0 Å². The number of carbonyl (C=O) groups is 4. The average Bonchev–Trinajstić information content (AvgIpc) is 2.99.